The van der Waals surface area contributed by atoms with Gasteiger partial charge in [0.05, 0.1) is 5.92 Å². The highest BCUT2D eigenvalue weighted by Gasteiger charge is 2.31. The zero-order valence-corrected chi connectivity index (χ0v) is 18.7. The number of carbonyl (C=O) groups is 2. The van der Waals surface area contributed by atoms with Crippen LogP contribution in [0.15, 0.2) is 6.07 Å². The standard InChI is InChI=1S/C21H33NO4S/c1-13(18(23)25-20(2,3)4)17-11-15-14(9-10-16(15)27-17)12-22(8)19(24)26-21(5,6)7/h11,13-14H,9-10,12H2,1-8H3. The minimum absolute atomic E-state index is 0.190. The van der Waals surface area contributed by atoms with Gasteiger partial charge >= 0.3 is 12.1 Å². The van der Waals surface area contributed by atoms with Crippen LogP contribution in [0.5, 0.6) is 0 Å². The van der Waals surface area contributed by atoms with Crippen molar-refractivity contribution in [3.05, 3.63) is 21.4 Å². The molecule has 0 aromatic carbocycles. The molecule has 1 aromatic rings. The van der Waals surface area contributed by atoms with Crippen LogP contribution in [0.1, 0.15) is 82.0 Å². The molecule has 0 N–H and O–H groups in total. The Balaban J connectivity index is 2.05. The maximum atomic E-state index is 12.4. The van der Waals surface area contributed by atoms with E-state index in [9.17, 15) is 9.59 Å². The summed E-state index contributed by atoms with van der Waals surface area (Å²) in [4.78, 5) is 28.6. The SMILES string of the molecule is CC(C(=O)OC(C)(C)C)c1cc2c(s1)CCC2CN(C)C(=O)OC(C)(C)C. The van der Waals surface area contributed by atoms with E-state index in [4.69, 9.17) is 9.47 Å². The van der Waals surface area contributed by atoms with Crippen LogP contribution in [0.3, 0.4) is 0 Å². The maximum Gasteiger partial charge on any atom is 0.410 e. The first-order chi connectivity index (χ1) is 12.3. The van der Waals surface area contributed by atoms with Crippen molar-refractivity contribution in [1.29, 1.82) is 0 Å². The fourth-order valence-electron chi connectivity index (χ4n) is 3.12. The molecule has 0 bridgehead atoms. The van der Waals surface area contributed by atoms with E-state index in [1.165, 1.54) is 10.4 Å². The predicted octanol–water partition coefficient (Wildman–Crippen LogP) is 5.09. The molecule has 2 unspecified atom stereocenters. The lowest BCUT2D eigenvalue weighted by Crippen LogP contribution is -2.36. The lowest BCUT2D eigenvalue weighted by atomic mass is 10.0. The van der Waals surface area contributed by atoms with Gasteiger partial charge in [-0.05, 0) is 72.9 Å². The Hall–Kier alpha value is -1.56. The Labute approximate surface area is 167 Å². The number of amides is 1. The summed E-state index contributed by atoms with van der Waals surface area (Å²) in [5, 5.41) is 0. The summed E-state index contributed by atoms with van der Waals surface area (Å²) in [5.74, 6) is -0.178. The molecule has 0 radical (unpaired) electrons. The molecule has 5 nitrogen and oxygen atoms in total. The summed E-state index contributed by atoms with van der Waals surface area (Å²) in [6.45, 7) is 13.8. The topological polar surface area (TPSA) is 55.8 Å². The Kier molecular flexibility index (Phi) is 6.30. The van der Waals surface area contributed by atoms with E-state index in [1.54, 1.807) is 23.3 Å². The molecular weight excluding hydrogens is 362 g/mol. The summed E-state index contributed by atoms with van der Waals surface area (Å²) in [6, 6.07) is 2.13. The van der Waals surface area contributed by atoms with Gasteiger partial charge in [-0.3, -0.25) is 4.79 Å². The van der Waals surface area contributed by atoms with Gasteiger partial charge in [0.2, 0.25) is 0 Å². The van der Waals surface area contributed by atoms with Crippen LogP contribution in [0, 0.1) is 0 Å². The van der Waals surface area contributed by atoms with Crippen LogP contribution >= 0.6 is 11.3 Å². The van der Waals surface area contributed by atoms with E-state index in [0.29, 0.717) is 6.54 Å². The minimum atomic E-state index is -0.495. The highest BCUT2D eigenvalue weighted by Crippen LogP contribution is 2.41. The molecule has 1 aliphatic rings. The molecule has 2 rings (SSSR count). The number of fused-ring (bicyclic) bond motifs is 1. The van der Waals surface area contributed by atoms with Gasteiger partial charge in [-0.15, -0.1) is 11.3 Å². The molecule has 0 spiro atoms. The van der Waals surface area contributed by atoms with Crippen LogP contribution < -0.4 is 0 Å². The first kappa shape index (κ1) is 21.7. The zero-order valence-electron chi connectivity index (χ0n) is 17.8. The van der Waals surface area contributed by atoms with Crippen molar-refractivity contribution in [2.75, 3.05) is 13.6 Å². The zero-order chi connectivity index (χ0) is 20.6. The number of hydrogen-bond acceptors (Lipinski definition) is 5. The van der Waals surface area contributed by atoms with Crippen molar-refractivity contribution in [2.45, 2.75) is 84.3 Å². The highest BCUT2D eigenvalue weighted by atomic mass is 32.1. The van der Waals surface area contributed by atoms with Gasteiger partial charge in [0.15, 0.2) is 0 Å². The molecule has 1 aliphatic carbocycles. The molecule has 1 heterocycles. The largest absolute Gasteiger partial charge is 0.459 e. The fourth-order valence-corrected chi connectivity index (χ4v) is 4.43. The number of hydrogen-bond donors (Lipinski definition) is 0. The van der Waals surface area contributed by atoms with Crippen LogP contribution in [0.2, 0.25) is 0 Å². The van der Waals surface area contributed by atoms with Gasteiger partial charge in [0, 0.05) is 29.3 Å². The van der Waals surface area contributed by atoms with Crippen molar-refractivity contribution in [2.24, 2.45) is 0 Å². The molecule has 152 valence electrons. The lowest BCUT2D eigenvalue weighted by molar-refractivity contribution is -0.156. The molecular formula is C21H33NO4S. The number of nitrogens with zero attached hydrogens (tertiary/aromatic N) is 1. The van der Waals surface area contributed by atoms with E-state index >= 15 is 0 Å². The summed E-state index contributed by atoms with van der Waals surface area (Å²) in [6.07, 6.45) is 1.72. The molecule has 1 amide bonds. The normalized spacial score (nSPS) is 18.0. The fraction of sp³-hybridized carbons (Fsp3) is 0.714. The maximum absolute atomic E-state index is 12.4. The molecule has 0 aliphatic heterocycles. The highest BCUT2D eigenvalue weighted by molar-refractivity contribution is 7.12. The van der Waals surface area contributed by atoms with Crippen LogP contribution in [0.4, 0.5) is 4.79 Å². The van der Waals surface area contributed by atoms with Gasteiger partial charge in [-0.2, -0.15) is 0 Å². The van der Waals surface area contributed by atoms with Gasteiger partial charge in [0.1, 0.15) is 11.2 Å². The molecule has 1 aromatic heterocycles. The van der Waals surface area contributed by atoms with Crippen molar-refractivity contribution >= 4 is 23.4 Å². The number of rotatable bonds is 4. The summed E-state index contributed by atoms with van der Waals surface area (Å²) < 4.78 is 11.0. The van der Waals surface area contributed by atoms with Crippen molar-refractivity contribution in [3.63, 3.8) is 0 Å². The van der Waals surface area contributed by atoms with E-state index < -0.39 is 11.2 Å². The molecule has 6 heteroatoms. The average Bonchev–Trinajstić information content (AvgIpc) is 3.04. The Morgan fingerprint density at radius 1 is 1.19 bits per heavy atom. The molecule has 0 fully saturated rings. The van der Waals surface area contributed by atoms with Crippen molar-refractivity contribution in [3.8, 4) is 0 Å². The second kappa shape index (κ2) is 7.82. The van der Waals surface area contributed by atoms with Gasteiger partial charge in [-0.1, -0.05) is 0 Å². The van der Waals surface area contributed by atoms with Crippen LogP contribution in [-0.2, 0) is 20.7 Å². The lowest BCUT2D eigenvalue weighted by Gasteiger charge is -2.26. The monoisotopic (exact) mass is 395 g/mol. The summed E-state index contributed by atoms with van der Waals surface area (Å²) >= 11 is 1.70. The van der Waals surface area contributed by atoms with Crippen LogP contribution in [0.25, 0.3) is 0 Å². The number of likely N-dealkylation sites (N-methyl/N-ethyl adjacent to an activating group) is 1. The number of thiophene rings is 1. The second-order valence-electron chi connectivity index (χ2n) is 9.38. The van der Waals surface area contributed by atoms with Gasteiger partial charge < -0.3 is 14.4 Å². The number of aryl methyl sites for hydroxylation is 1. The van der Waals surface area contributed by atoms with E-state index in [-0.39, 0.29) is 23.9 Å². The predicted molar refractivity (Wildman–Crippen MR) is 109 cm³/mol. The molecule has 0 saturated heterocycles. The van der Waals surface area contributed by atoms with Crippen LogP contribution in [-0.4, -0.2) is 41.8 Å². The third kappa shape index (κ3) is 5.96. The average molecular weight is 396 g/mol. The third-order valence-corrected chi connectivity index (χ3v) is 5.80. The van der Waals surface area contributed by atoms with E-state index in [1.807, 2.05) is 48.5 Å². The van der Waals surface area contributed by atoms with Gasteiger partial charge in [-0.25, -0.2) is 4.79 Å². The molecule has 0 saturated carbocycles. The summed E-state index contributed by atoms with van der Waals surface area (Å²) in [5.41, 5.74) is 0.287. The Bertz CT molecular complexity index is 696. The number of carbonyl (C=O) groups excluding carboxylic acids is 2. The first-order valence-electron chi connectivity index (χ1n) is 9.56. The molecule has 27 heavy (non-hydrogen) atoms. The van der Waals surface area contributed by atoms with Crippen molar-refractivity contribution < 1.29 is 19.1 Å². The Morgan fingerprint density at radius 3 is 2.33 bits per heavy atom. The smallest absolute Gasteiger partial charge is 0.410 e. The first-order valence-corrected chi connectivity index (χ1v) is 10.4. The minimum Gasteiger partial charge on any atom is -0.459 e. The Morgan fingerprint density at radius 2 is 1.78 bits per heavy atom. The van der Waals surface area contributed by atoms with E-state index in [0.717, 1.165) is 17.7 Å². The quantitative estimate of drug-likeness (QED) is 0.666. The van der Waals surface area contributed by atoms with Gasteiger partial charge in [0.25, 0.3) is 0 Å². The molecule has 2 atom stereocenters. The number of esters is 1. The summed E-state index contributed by atoms with van der Waals surface area (Å²) in [7, 11) is 1.78. The van der Waals surface area contributed by atoms with Crippen molar-refractivity contribution in [1.82, 2.24) is 4.90 Å². The van der Waals surface area contributed by atoms with E-state index in [2.05, 4.69) is 6.07 Å². The number of ether oxygens (including phenoxy) is 2. The second-order valence-corrected chi connectivity index (χ2v) is 10.5. The third-order valence-electron chi connectivity index (χ3n) is 4.41.